The highest BCUT2D eigenvalue weighted by molar-refractivity contribution is 8.06. The molecule has 0 amide bonds. The van der Waals surface area contributed by atoms with E-state index in [1.807, 2.05) is 6.08 Å². The number of sulfone groups is 1. The van der Waals surface area contributed by atoms with E-state index >= 15 is 4.39 Å². The highest BCUT2D eigenvalue weighted by atomic mass is 35.5. The maximum absolute atomic E-state index is 16.2. The van der Waals surface area contributed by atoms with E-state index < -0.39 is 75.3 Å². The van der Waals surface area contributed by atoms with Crippen LogP contribution in [0.1, 0.15) is 71.8 Å². The minimum absolute atomic E-state index is 0.00153. The van der Waals surface area contributed by atoms with E-state index in [0.717, 1.165) is 30.0 Å². The molecule has 1 unspecified atom stereocenters. The molecule has 0 radical (unpaired) electrons. The molecular formula is C34H30ClF5N4O3S. The molecule has 14 heteroatoms. The van der Waals surface area contributed by atoms with E-state index in [1.54, 1.807) is 6.92 Å². The molecule has 2 aromatic carbocycles. The van der Waals surface area contributed by atoms with Crippen molar-refractivity contribution in [1.29, 1.82) is 5.41 Å². The Morgan fingerprint density at radius 2 is 1.65 bits per heavy atom. The predicted molar refractivity (Wildman–Crippen MR) is 173 cm³/mol. The fraction of sp³-hybridized carbons (Fsp3) is 0.353. The minimum atomic E-state index is -4.04. The molecule has 2 aliphatic carbocycles. The van der Waals surface area contributed by atoms with Crippen molar-refractivity contribution in [3.8, 4) is 5.69 Å². The van der Waals surface area contributed by atoms with Crippen LogP contribution in [0.4, 0.5) is 22.0 Å². The van der Waals surface area contributed by atoms with Crippen LogP contribution in [0.15, 0.2) is 52.8 Å². The Labute approximate surface area is 277 Å². The largest absolute Gasteiger partial charge is 0.289 e. The highest BCUT2D eigenvalue weighted by Gasteiger charge is 2.46. The van der Waals surface area contributed by atoms with Crippen molar-refractivity contribution in [2.45, 2.75) is 69.9 Å². The van der Waals surface area contributed by atoms with E-state index in [-0.39, 0.29) is 61.9 Å². The molecule has 6 rings (SSSR count). The third-order valence-corrected chi connectivity index (χ3v) is 10.3. The number of hydrogen-bond donors (Lipinski definition) is 1. The second kappa shape index (κ2) is 11.9. The molecule has 2 aromatic heterocycles. The normalized spacial score (nSPS) is 17.6. The second-order valence-corrected chi connectivity index (χ2v) is 15.0. The number of aryl methyl sites for hydroxylation is 1. The van der Waals surface area contributed by atoms with Crippen LogP contribution in [0.2, 0.25) is 5.02 Å². The number of nitrogens with one attached hydrogen (secondary N) is 1. The topological polar surface area (TPSA) is 106 Å². The lowest BCUT2D eigenvalue weighted by atomic mass is 9.81. The van der Waals surface area contributed by atoms with E-state index in [0.29, 0.717) is 6.42 Å². The van der Waals surface area contributed by atoms with Gasteiger partial charge in [0.2, 0.25) is 5.92 Å². The molecule has 1 atom stereocenters. The quantitative estimate of drug-likeness (QED) is 0.0918. The van der Waals surface area contributed by atoms with Crippen LogP contribution in [-0.4, -0.2) is 40.2 Å². The maximum Gasteiger partial charge on any atom is 0.267 e. The van der Waals surface area contributed by atoms with Crippen molar-refractivity contribution >= 4 is 37.5 Å². The molecule has 1 saturated carbocycles. The van der Waals surface area contributed by atoms with Crippen molar-refractivity contribution in [3.63, 3.8) is 0 Å². The van der Waals surface area contributed by atoms with E-state index in [2.05, 4.69) is 4.98 Å². The van der Waals surface area contributed by atoms with Gasteiger partial charge in [-0.1, -0.05) is 23.3 Å². The van der Waals surface area contributed by atoms with Crippen molar-refractivity contribution in [2.75, 3.05) is 6.26 Å². The first-order chi connectivity index (χ1) is 22.4. The van der Waals surface area contributed by atoms with Gasteiger partial charge in [0.15, 0.2) is 26.2 Å². The summed E-state index contributed by atoms with van der Waals surface area (Å²) >= 11 is 6.39. The number of rotatable bonds is 7. The fourth-order valence-corrected chi connectivity index (χ4v) is 7.40. The molecule has 1 N–H and O–H groups in total. The van der Waals surface area contributed by atoms with Crippen LogP contribution in [-0.2, 0) is 21.9 Å². The Morgan fingerprint density at radius 3 is 2.23 bits per heavy atom. The molecule has 48 heavy (non-hydrogen) atoms. The van der Waals surface area contributed by atoms with Gasteiger partial charge < -0.3 is 0 Å². The third-order valence-electron chi connectivity index (χ3n) is 9.08. The summed E-state index contributed by atoms with van der Waals surface area (Å²) in [7, 11) is -4.04. The summed E-state index contributed by atoms with van der Waals surface area (Å²) in [5, 5.41) is 7.56. The van der Waals surface area contributed by atoms with Gasteiger partial charge in [0.1, 0.15) is 17.5 Å². The van der Waals surface area contributed by atoms with Crippen molar-refractivity contribution in [3.05, 3.63) is 109 Å². The standard InChI is InChI=1S/C34H30ClF5N4O3S/c1-17-12-26(33(38)8-10-34(39,40)11-9-33)42-30-27(17)32(45)44(25-7-6-24(35)28(18(25)2)29(41)48(3,46)47)31(43-30)23(20-4-5-20)15-19-13-21(36)16-22(37)14-19/h4,6-7,12-14,16,23,41H,5,8-11,15H2,1-3H3. The molecule has 0 bridgehead atoms. The summed E-state index contributed by atoms with van der Waals surface area (Å²) in [4.78, 5) is 23.8. The van der Waals surface area contributed by atoms with Crippen molar-refractivity contribution in [2.24, 2.45) is 0 Å². The smallest absolute Gasteiger partial charge is 0.267 e. The minimum Gasteiger partial charge on any atom is -0.289 e. The summed E-state index contributed by atoms with van der Waals surface area (Å²) in [6.45, 7) is 3.06. The number of benzene rings is 2. The predicted octanol–water partition coefficient (Wildman–Crippen LogP) is 7.73. The number of alkyl halides is 3. The first-order valence-corrected chi connectivity index (χ1v) is 17.4. The number of aromatic nitrogens is 3. The van der Waals surface area contributed by atoms with Gasteiger partial charge >= 0.3 is 0 Å². The Hall–Kier alpha value is -3.97. The molecule has 2 aliphatic rings. The van der Waals surface area contributed by atoms with E-state index in [1.165, 1.54) is 29.7 Å². The lowest BCUT2D eigenvalue weighted by molar-refractivity contribution is -0.0784. The molecule has 2 heterocycles. The average Bonchev–Trinajstić information content (AvgIpc) is 3.82. The van der Waals surface area contributed by atoms with Gasteiger partial charge in [0.05, 0.1) is 21.8 Å². The van der Waals surface area contributed by atoms with Gasteiger partial charge in [-0.2, -0.15) is 0 Å². The molecule has 0 spiro atoms. The van der Waals surface area contributed by atoms with Crippen LogP contribution < -0.4 is 5.56 Å². The van der Waals surface area contributed by atoms with Crippen molar-refractivity contribution in [1.82, 2.24) is 14.5 Å². The van der Waals surface area contributed by atoms with E-state index in [4.69, 9.17) is 22.0 Å². The summed E-state index contributed by atoms with van der Waals surface area (Å²) in [5.41, 5.74) is -1.56. The maximum atomic E-state index is 16.2. The summed E-state index contributed by atoms with van der Waals surface area (Å²) in [6, 6.07) is 7.24. The highest BCUT2D eigenvalue weighted by Crippen LogP contribution is 2.46. The molecule has 0 aliphatic heterocycles. The number of pyridine rings is 1. The second-order valence-electron chi connectivity index (χ2n) is 12.6. The molecule has 1 fully saturated rings. The first kappa shape index (κ1) is 33.9. The summed E-state index contributed by atoms with van der Waals surface area (Å²) < 4.78 is 98.7. The number of fused-ring (bicyclic) bond motifs is 1. The van der Waals surface area contributed by atoms with Crippen LogP contribution in [0.25, 0.3) is 16.7 Å². The first-order valence-electron chi connectivity index (χ1n) is 15.1. The Bertz CT molecular complexity index is 2210. The zero-order valence-corrected chi connectivity index (χ0v) is 27.7. The SMILES string of the molecule is Cc1c(-n2c(C(Cc3cc(F)cc(F)c3)C3=CC3)nc3nc(C4(F)CCC(F)(F)CC4)cc(C)c3c2=O)ccc(Cl)c1C(=N)S(C)(=O)=O. The number of hydrogen-bond acceptors (Lipinski definition) is 6. The van der Waals surface area contributed by atoms with Gasteiger partial charge in [0.25, 0.3) is 5.56 Å². The summed E-state index contributed by atoms with van der Waals surface area (Å²) in [6.07, 6.45) is 0.954. The third kappa shape index (κ3) is 6.29. The number of halogens is 6. The fourth-order valence-electron chi connectivity index (χ4n) is 6.41. The molecule has 252 valence electrons. The Morgan fingerprint density at radius 1 is 1.02 bits per heavy atom. The Kier molecular flexibility index (Phi) is 8.39. The van der Waals surface area contributed by atoms with Gasteiger partial charge in [-0.25, -0.2) is 40.3 Å². The molecule has 0 saturated heterocycles. The van der Waals surface area contributed by atoms with Crippen LogP contribution >= 0.6 is 11.6 Å². The van der Waals surface area contributed by atoms with E-state index in [9.17, 15) is 30.8 Å². The zero-order chi connectivity index (χ0) is 34.9. The number of nitrogens with zero attached hydrogens (tertiary/aromatic N) is 3. The lowest BCUT2D eigenvalue weighted by Crippen LogP contribution is -2.34. The van der Waals surface area contributed by atoms with Gasteiger partial charge in [0, 0.05) is 36.6 Å². The molecular weight excluding hydrogens is 675 g/mol. The molecule has 7 nitrogen and oxygen atoms in total. The van der Waals surface area contributed by atoms with Gasteiger partial charge in [-0.3, -0.25) is 14.8 Å². The van der Waals surface area contributed by atoms with Gasteiger partial charge in [-0.05, 0) is 86.6 Å². The van der Waals surface area contributed by atoms with Crippen LogP contribution in [0.3, 0.4) is 0 Å². The summed E-state index contributed by atoms with van der Waals surface area (Å²) in [5.74, 6) is -5.28. The lowest BCUT2D eigenvalue weighted by Gasteiger charge is -2.33. The monoisotopic (exact) mass is 704 g/mol. The van der Waals surface area contributed by atoms with Crippen LogP contribution in [0, 0.1) is 30.9 Å². The molecule has 4 aromatic rings. The average molecular weight is 705 g/mol. The van der Waals surface area contributed by atoms with Crippen molar-refractivity contribution < 1.29 is 30.4 Å². The van der Waals surface area contributed by atoms with Gasteiger partial charge in [-0.15, -0.1) is 0 Å². The number of allylic oxidation sites excluding steroid dienone is 2. The zero-order valence-electron chi connectivity index (χ0n) is 26.1. The Balaban J connectivity index is 1.63. The van der Waals surface area contributed by atoms with Crippen LogP contribution in [0.5, 0.6) is 0 Å².